The van der Waals surface area contributed by atoms with E-state index < -0.39 is 29.7 Å². The van der Waals surface area contributed by atoms with Gasteiger partial charge in [0, 0.05) is 11.6 Å². The third kappa shape index (κ3) is 3.51. The van der Waals surface area contributed by atoms with Crippen LogP contribution in [0.5, 0.6) is 5.75 Å². The number of carbonyl (C=O) groups is 2. The molecule has 6 nitrogen and oxygen atoms in total. The molecule has 9 heteroatoms. The lowest BCUT2D eigenvalue weighted by Gasteiger charge is -2.30. The molecule has 0 fully saturated rings. The Morgan fingerprint density at radius 3 is 2.27 bits per heavy atom. The molecule has 0 saturated carbocycles. The lowest BCUT2D eigenvalue weighted by atomic mass is 10.1. The number of para-hydroxylation sites is 1. The zero-order valence-electron chi connectivity index (χ0n) is 16.5. The predicted molar refractivity (Wildman–Crippen MR) is 104 cm³/mol. The van der Waals surface area contributed by atoms with Gasteiger partial charge in [-0.15, -0.1) is 0 Å². The molecular weight excluding hydrogens is 399 g/mol. The zero-order chi connectivity index (χ0) is 22.1. The van der Waals surface area contributed by atoms with Crippen molar-refractivity contribution in [2.45, 2.75) is 31.7 Å². The molecule has 0 radical (unpaired) electrons. The summed E-state index contributed by atoms with van der Waals surface area (Å²) in [5, 5.41) is 1.84. The van der Waals surface area contributed by atoms with Gasteiger partial charge in [-0.3, -0.25) is 14.5 Å². The SMILES string of the molecule is COc1ccccc1C(=O)N[C@]1(C(F)(F)F)N=C(c2ccccc2)N(C(C)C)C1=O. The topological polar surface area (TPSA) is 71.0 Å². The summed E-state index contributed by atoms with van der Waals surface area (Å²) >= 11 is 0. The largest absolute Gasteiger partial charge is 0.496 e. The summed E-state index contributed by atoms with van der Waals surface area (Å²) in [6.45, 7) is 3.15. The standard InChI is InChI=1S/C21H20F3N3O3/c1-13(2)27-17(14-9-5-4-6-10-14)25-20(19(27)29,21(22,23)24)26-18(28)15-11-7-8-12-16(15)30-3/h4-13H,1-3H3,(H,26,28)/t20-/m1/s1. The zero-order valence-corrected chi connectivity index (χ0v) is 16.5. The fraction of sp³-hybridized carbons (Fsp3) is 0.286. The molecule has 0 aliphatic carbocycles. The van der Waals surface area contributed by atoms with E-state index in [9.17, 15) is 22.8 Å². The van der Waals surface area contributed by atoms with Gasteiger partial charge in [-0.2, -0.15) is 13.2 Å². The Balaban J connectivity index is 2.14. The third-order valence-electron chi connectivity index (χ3n) is 4.63. The predicted octanol–water partition coefficient (Wildman–Crippen LogP) is 3.38. The highest BCUT2D eigenvalue weighted by Crippen LogP contribution is 2.39. The number of aliphatic imine (C=N–C) groups is 1. The number of methoxy groups -OCH3 is 1. The van der Waals surface area contributed by atoms with E-state index in [0.29, 0.717) is 5.56 Å². The van der Waals surface area contributed by atoms with E-state index in [1.807, 2.05) is 5.32 Å². The van der Waals surface area contributed by atoms with Crippen molar-refractivity contribution in [2.24, 2.45) is 4.99 Å². The maximum Gasteiger partial charge on any atom is 0.442 e. The van der Waals surface area contributed by atoms with Crippen LogP contribution in [0, 0.1) is 0 Å². The van der Waals surface area contributed by atoms with Gasteiger partial charge in [0.15, 0.2) is 0 Å². The first-order valence-electron chi connectivity index (χ1n) is 9.13. The number of hydrogen-bond donors (Lipinski definition) is 1. The van der Waals surface area contributed by atoms with Crippen molar-refractivity contribution in [3.05, 3.63) is 65.7 Å². The molecule has 2 aromatic rings. The molecule has 1 atom stereocenters. The molecule has 1 heterocycles. The first kappa shape index (κ1) is 21.4. The van der Waals surface area contributed by atoms with Crippen molar-refractivity contribution < 1.29 is 27.5 Å². The Bertz CT molecular complexity index is 990. The summed E-state index contributed by atoms with van der Waals surface area (Å²) in [7, 11) is 1.29. The van der Waals surface area contributed by atoms with Gasteiger partial charge >= 0.3 is 11.8 Å². The van der Waals surface area contributed by atoms with E-state index in [-0.39, 0.29) is 17.1 Å². The summed E-state index contributed by atoms with van der Waals surface area (Å²) in [4.78, 5) is 30.5. The number of benzene rings is 2. The van der Waals surface area contributed by atoms with Gasteiger partial charge in [-0.05, 0) is 26.0 Å². The molecule has 2 amide bonds. The van der Waals surface area contributed by atoms with Crippen molar-refractivity contribution in [3.63, 3.8) is 0 Å². The molecule has 1 N–H and O–H groups in total. The molecule has 0 aromatic heterocycles. The average molecular weight is 419 g/mol. The molecule has 0 bridgehead atoms. The normalized spacial score (nSPS) is 19.1. The summed E-state index contributed by atoms with van der Waals surface area (Å²) in [5.41, 5.74) is -3.26. The van der Waals surface area contributed by atoms with Gasteiger partial charge in [-0.25, -0.2) is 4.99 Å². The van der Waals surface area contributed by atoms with Crippen molar-refractivity contribution in [1.82, 2.24) is 10.2 Å². The first-order chi connectivity index (χ1) is 14.1. The molecule has 1 aliphatic heterocycles. The smallest absolute Gasteiger partial charge is 0.442 e. The number of hydrogen-bond acceptors (Lipinski definition) is 4. The van der Waals surface area contributed by atoms with Crippen LogP contribution in [0.25, 0.3) is 0 Å². The van der Waals surface area contributed by atoms with Crippen molar-refractivity contribution >= 4 is 17.6 Å². The van der Waals surface area contributed by atoms with Crippen LogP contribution in [-0.2, 0) is 4.79 Å². The summed E-state index contributed by atoms with van der Waals surface area (Å²) < 4.78 is 47.8. The van der Waals surface area contributed by atoms with E-state index in [0.717, 1.165) is 4.90 Å². The van der Waals surface area contributed by atoms with Crippen LogP contribution < -0.4 is 10.1 Å². The van der Waals surface area contributed by atoms with Crippen LogP contribution in [0.4, 0.5) is 13.2 Å². The second-order valence-electron chi connectivity index (χ2n) is 6.93. The highest BCUT2D eigenvalue weighted by Gasteiger charge is 2.67. The minimum Gasteiger partial charge on any atom is -0.496 e. The van der Waals surface area contributed by atoms with Gasteiger partial charge in [0.1, 0.15) is 11.6 Å². The highest BCUT2D eigenvalue weighted by molar-refractivity contribution is 6.17. The van der Waals surface area contributed by atoms with Gasteiger partial charge < -0.3 is 10.1 Å². The van der Waals surface area contributed by atoms with Gasteiger partial charge in [-0.1, -0.05) is 42.5 Å². The number of rotatable bonds is 5. The summed E-state index contributed by atoms with van der Waals surface area (Å²) in [6.07, 6.45) is -5.18. The first-order valence-corrected chi connectivity index (χ1v) is 9.13. The van der Waals surface area contributed by atoms with Gasteiger partial charge in [0.2, 0.25) is 0 Å². The number of amides is 2. The quantitative estimate of drug-likeness (QED) is 0.808. The molecular formula is C21H20F3N3O3. The van der Waals surface area contributed by atoms with Crippen LogP contribution in [0.15, 0.2) is 59.6 Å². The number of carbonyl (C=O) groups excluding carboxylic acids is 2. The molecule has 158 valence electrons. The van der Waals surface area contributed by atoms with Crippen LogP contribution in [0.3, 0.4) is 0 Å². The lowest BCUT2D eigenvalue weighted by Crippen LogP contribution is -2.64. The van der Waals surface area contributed by atoms with Gasteiger partial charge in [0.25, 0.3) is 11.8 Å². The Labute approximate surface area is 171 Å². The van der Waals surface area contributed by atoms with E-state index in [1.165, 1.54) is 25.3 Å². The highest BCUT2D eigenvalue weighted by atomic mass is 19.4. The van der Waals surface area contributed by atoms with Crippen LogP contribution in [0.1, 0.15) is 29.8 Å². The second-order valence-corrected chi connectivity index (χ2v) is 6.93. The summed E-state index contributed by atoms with van der Waals surface area (Å²) in [6, 6.07) is 13.2. The minimum absolute atomic E-state index is 0.0748. The molecule has 0 spiro atoms. The van der Waals surface area contributed by atoms with Crippen LogP contribution in [0.2, 0.25) is 0 Å². The van der Waals surface area contributed by atoms with Gasteiger partial charge in [0.05, 0.1) is 12.7 Å². The van der Waals surface area contributed by atoms with Crippen LogP contribution in [-0.4, -0.2) is 47.5 Å². The maximum absolute atomic E-state index is 14.3. The Hall–Kier alpha value is -3.36. The number of ether oxygens (including phenoxy) is 1. The number of nitrogens with one attached hydrogen (secondary N) is 1. The van der Waals surface area contributed by atoms with Crippen molar-refractivity contribution in [2.75, 3.05) is 7.11 Å². The molecule has 3 rings (SSSR count). The fourth-order valence-electron chi connectivity index (χ4n) is 3.20. The van der Waals surface area contributed by atoms with Crippen molar-refractivity contribution in [1.29, 1.82) is 0 Å². The lowest BCUT2D eigenvalue weighted by molar-refractivity contribution is -0.196. The van der Waals surface area contributed by atoms with Crippen LogP contribution >= 0.6 is 0 Å². The number of nitrogens with zero attached hydrogens (tertiary/aromatic N) is 2. The fourth-order valence-corrected chi connectivity index (χ4v) is 3.20. The number of amidine groups is 1. The van der Waals surface area contributed by atoms with Crippen molar-refractivity contribution in [3.8, 4) is 5.75 Å². The maximum atomic E-state index is 14.3. The number of halogens is 3. The molecule has 1 aliphatic rings. The minimum atomic E-state index is -5.18. The van der Waals surface area contributed by atoms with E-state index >= 15 is 0 Å². The van der Waals surface area contributed by atoms with E-state index in [2.05, 4.69) is 4.99 Å². The van der Waals surface area contributed by atoms with E-state index in [1.54, 1.807) is 50.2 Å². The molecule has 2 aromatic carbocycles. The molecule has 30 heavy (non-hydrogen) atoms. The Morgan fingerprint density at radius 1 is 1.10 bits per heavy atom. The Kier molecular flexibility index (Phi) is 5.56. The molecule has 0 unspecified atom stereocenters. The number of alkyl halides is 3. The monoisotopic (exact) mass is 419 g/mol. The average Bonchev–Trinajstić information content (AvgIpc) is 3.02. The summed E-state index contributed by atoms with van der Waals surface area (Å²) in [5.74, 6) is -2.58. The Morgan fingerprint density at radius 2 is 1.70 bits per heavy atom. The second kappa shape index (κ2) is 7.81. The third-order valence-corrected chi connectivity index (χ3v) is 4.63. The molecule has 0 saturated heterocycles. The van der Waals surface area contributed by atoms with E-state index in [4.69, 9.17) is 4.74 Å².